The largest absolute Gasteiger partial charge is 0.494 e. The van der Waals surface area contributed by atoms with E-state index in [1.165, 1.54) is 12.1 Å². The van der Waals surface area contributed by atoms with Gasteiger partial charge in [-0.2, -0.15) is 0 Å². The summed E-state index contributed by atoms with van der Waals surface area (Å²) in [5.41, 5.74) is 0. The molecule has 0 saturated carbocycles. The van der Waals surface area contributed by atoms with Gasteiger partial charge < -0.3 is 15.1 Å². The quantitative estimate of drug-likeness (QED) is 0.708. The van der Waals surface area contributed by atoms with Crippen molar-refractivity contribution in [2.45, 2.75) is 18.9 Å². The molecule has 2 heterocycles. The second-order valence-electron chi connectivity index (χ2n) is 3.95. The predicted molar refractivity (Wildman–Crippen MR) is 53.5 cm³/mol. The topological polar surface area (TPSA) is 48.6 Å². The number of hydrogen-bond acceptors (Lipinski definition) is 3. The van der Waals surface area contributed by atoms with Crippen molar-refractivity contribution in [1.82, 2.24) is 9.47 Å². The molecular formula is C10H16N2O2. The molecule has 1 saturated heterocycles. The van der Waals surface area contributed by atoms with Gasteiger partial charge in [0.15, 0.2) is 11.8 Å². The van der Waals surface area contributed by atoms with E-state index in [1.54, 1.807) is 4.57 Å². The van der Waals surface area contributed by atoms with Crippen LogP contribution >= 0.6 is 0 Å². The number of rotatable bonds is 1. The number of nitrogens with zero attached hydrogens (tertiary/aromatic N) is 2. The number of hydrogen-bond donors (Lipinski definition) is 2. The third-order valence-electron chi connectivity index (χ3n) is 2.93. The van der Waals surface area contributed by atoms with Gasteiger partial charge >= 0.3 is 0 Å². The first kappa shape index (κ1) is 9.40. The molecule has 0 amide bonds. The van der Waals surface area contributed by atoms with E-state index in [0.717, 1.165) is 25.9 Å². The summed E-state index contributed by atoms with van der Waals surface area (Å²) in [6, 6.07) is 3.31. The van der Waals surface area contributed by atoms with Crippen LogP contribution in [0, 0.1) is 0 Å². The van der Waals surface area contributed by atoms with E-state index in [0.29, 0.717) is 0 Å². The average molecular weight is 196 g/mol. The highest BCUT2D eigenvalue weighted by Gasteiger charge is 2.21. The maximum absolute atomic E-state index is 9.54. The molecule has 1 aromatic rings. The molecule has 2 rings (SSSR count). The van der Waals surface area contributed by atoms with Gasteiger partial charge in [0.1, 0.15) is 0 Å². The van der Waals surface area contributed by atoms with Crippen molar-refractivity contribution in [3.8, 4) is 11.8 Å². The molecule has 0 atom stereocenters. The maximum Gasteiger partial charge on any atom is 0.194 e. The maximum atomic E-state index is 9.54. The molecule has 4 heteroatoms. The van der Waals surface area contributed by atoms with E-state index in [1.807, 2.05) is 0 Å². The predicted octanol–water partition coefficient (Wildman–Crippen LogP) is 1.17. The Kier molecular flexibility index (Phi) is 2.37. The van der Waals surface area contributed by atoms with E-state index in [4.69, 9.17) is 0 Å². The average Bonchev–Trinajstić information content (AvgIpc) is 2.49. The third kappa shape index (κ3) is 1.57. The SMILES string of the molecule is CN1CCC(n2c(O)ccc2O)CC1. The lowest BCUT2D eigenvalue weighted by molar-refractivity contribution is 0.202. The molecule has 0 aromatic carbocycles. The molecule has 0 spiro atoms. The van der Waals surface area contributed by atoms with Gasteiger partial charge in [0.25, 0.3) is 0 Å². The van der Waals surface area contributed by atoms with Crippen LogP contribution in [0.25, 0.3) is 0 Å². The molecule has 1 aromatic heterocycles. The fraction of sp³-hybridized carbons (Fsp3) is 0.600. The van der Waals surface area contributed by atoms with Crippen LogP contribution < -0.4 is 0 Å². The Morgan fingerprint density at radius 2 is 1.64 bits per heavy atom. The Morgan fingerprint density at radius 1 is 1.14 bits per heavy atom. The van der Waals surface area contributed by atoms with Crippen molar-refractivity contribution in [3.63, 3.8) is 0 Å². The van der Waals surface area contributed by atoms with Gasteiger partial charge in [-0.15, -0.1) is 0 Å². The lowest BCUT2D eigenvalue weighted by Gasteiger charge is -2.30. The Hall–Kier alpha value is -1.16. The molecule has 0 radical (unpaired) electrons. The lowest BCUT2D eigenvalue weighted by Crippen LogP contribution is -2.31. The minimum Gasteiger partial charge on any atom is -0.494 e. The summed E-state index contributed by atoms with van der Waals surface area (Å²) in [5.74, 6) is 0.328. The van der Waals surface area contributed by atoms with Gasteiger partial charge in [0.05, 0.1) is 0 Å². The van der Waals surface area contributed by atoms with Crippen molar-refractivity contribution in [3.05, 3.63) is 12.1 Å². The normalized spacial score (nSPS) is 20.1. The molecule has 1 fully saturated rings. The molecule has 78 valence electrons. The summed E-state index contributed by atoms with van der Waals surface area (Å²) in [6.45, 7) is 2.03. The smallest absolute Gasteiger partial charge is 0.194 e. The molecule has 4 nitrogen and oxygen atoms in total. The Morgan fingerprint density at radius 3 is 2.14 bits per heavy atom. The number of piperidine rings is 1. The Labute approximate surface area is 83.4 Å². The van der Waals surface area contributed by atoms with E-state index in [-0.39, 0.29) is 17.8 Å². The summed E-state index contributed by atoms with van der Waals surface area (Å²) in [5, 5.41) is 19.1. The molecule has 1 aliphatic rings. The fourth-order valence-corrected chi connectivity index (χ4v) is 2.05. The first-order valence-electron chi connectivity index (χ1n) is 4.96. The van der Waals surface area contributed by atoms with Crippen LogP contribution in [0.1, 0.15) is 18.9 Å². The third-order valence-corrected chi connectivity index (χ3v) is 2.93. The highest BCUT2D eigenvalue weighted by Crippen LogP contribution is 2.32. The van der Waals surface area contributed by atoms with Gasteiger partial charge in [-0.05, 0) is 33.0 Å². The van der Waals surface area contributed by atoms with Crippen molar-refractivity contribution in [2.24, 2.45) is 0 Å². The van der Waals surface area contributed by atoms with Crippen LogP contribution in [0.15, 0.2) is 12.1 Å². The first-order valence-corrected chi connectivity index (χ1v) is 4.96. The molecule has 1 aliphatic heterocycles. The van der Waals surface area contributed by atoms with Crippen molar-refractivity contribution in [2.75, 3.05) is 20.1 Å². The molecule has 0 bridgehead atoms. The van der Waals surface area contributed by atoms with E-state index in [2.05, 4.69) is 11.9 Å². The minimum absolute atomic E-state index is 0.164. The Balaban J connectivity index is 2.15. The van der Waals surface area contributed by atoms with Crippen LogP contribution in [-0.4, -0.2) is 39.8 Å². The highest BCUT2D eigenvalue weighted by atomic mass is 16.3. The van der Waals surface area contributed by atoms with Crippen molar-refractivity contribution < 1.29 is 10.2 Å². The van der Waals surface area contributed by atoms with Gasteiger partial charge in [0.2, 0.25) is 0 Å². The van der Waals surface area contributed by atoms with Gasteiger partial charge in [0, 0.05) is 18.2 Å². The first-order chi connectivity index (χ1) is 6.68. The standard InChI is InChI=1S/C10H16N2O2/c1-11-6-4-8(5-7-11)12-9(13)2-3-10(12)14/h2-3,8,13-14H,4-7H2,1H3. The van der Waals surface area contributed by atoms with Gasteiger partial charge in [-0.3, -0.25) is 4.57 Å². The van der Waals surface area contributed by atoms with Gasteiger partial charge in [-0.25, -0.2) is 0 Å². The fourth-order valence-electron chi connectivity index (χ4n) is 2.05. The van der Waals surface area contributed by atoms with E-state index >= 15 is 0 Å². The number of aromatic nitrogens is 1. The zero-order valence-corrected chi connectivity index (χ0v) is 8.35. The molecule has 0 aliphatic carbocycles. The van der Waals surface area contributed by atoms with Crippen LogP contribution in [0.2, 0.25) is 0 Å². The molecule has 14 heavy (non-hydrogen) atoms. The van der Waals surface area contributed by atoms with Crippen molar-refractivity contribution >= 4 is 0 Å². The summed E-state index contributed by atoms with van der Waals surface area (Å²) in [6.07, 6.45) is 1.96. The monoisotopic (exact) mass is 196 g/mol. The van der Waals surface area contributed by atoms with Crippen LogP contribution in [-0.2, 0) is 0 Å². The van der Waals surface area contributed by atoms with E-state index in [9.17, 15) is 10.2 Å². The summed E-state index contributed by atoms with van der Waals surface area (Å²) < 4.78 is 1.62. The highest BCUT2D eigenvalue weighted by molar-refractivity contribution is 5.25. The number of likely N-dealkylation sites (tertiary alicyclic amines) is 1. The minimum atomic E-state index is 0.164. The zero-order chi connectivity index (χ0) is 10.1. The summed E-state index contributed by atoms with van der Waals surface area (Å²) >= 11 is 0. The van der Waals surface area contributed by atoms with Crippen LogP contribution in [0.4, 0.5) is 0 Å². The lowest BCUT2D eigenvalue weighted by atomic mass is 10.1. The summed E-state index contributed by atoms with van der Waals surface area (Å²) in [7, 11) is 2.09. The van der Waals surface area contributed by atoms with E-state index < -0.39 is 0 Å². The van der Waals surface area contributed by atoms with Crippen LogP contribution in [0.5, 0.6) is 11.8 Å². The molecular weight excluding hydrogens is 180 g/mol. The zero-order valence-electron chi connectivity index (χ0n) is 8.35. The van der Waals surface area contributed by atoms with Crippen molar-refractivity contribution in [1.29, 1.82) is 0 Å². The number of aromatic hydroxyl groups is 2. The van der Waals surface area contributed by atoms with Crippen LogP contribution in [0.3, 0.4) is 0 Å². The van der Waals surface area contributed by atoms with Gasteiger partial charge in [-0.1, -0.05) is 0 Å². The Bertz CT molecular complexity index is 294. The second-order valence-corrected chi connectivity index (χ2v) is 3.95. The molecule has 0 unspecified atom stereocenters. The molecule has 2 N–H and O–H groups in total. The second kappa shape index (κ2) is 3.53. The summed E-state index contributed by atoms with van der Waals surface area (Å²) in [4.78, 5) is 2.26.